The summed E-state index contributed by atoms with van der Waals surface area (Å²) in [4.78, 5) is 10.7. The molecule has 0 amide bonds. The maximum Gasteiger partial charge on any atom is 0.336 e. The van der Waals surface area contributed by atoms with E-state index in [-0.39, 0.29) is 11.3 Å². The molecule has 0 aliphatic carbocycles. The molecule has 2 rings (SSSR count). The van der Waals surface area contributed by atoms with E-state index in [9.17, 15) is 9.90 Å². The molecule has 1 aliphatic heterocycles. The Labute approximate surface area is 82.7 Å². The monoisotopic (exact) mass is 214 g/mol. The average molecular weight is 214 g/mol. The summed E-state index contributed by atoms with van der Waals surface area (Å²) in [5.41, 5.74) is 0.745. The Morgan fingerprint density at radius 1 is 1.54 bits per heavy atom. The molecule has 0 radical (unpaired) electrons. The minimum atomic E-state index is -1.04. The number of rotatable bonds is 1. The Morgan fingerprint density at radius 3 is 3.00 bits per heavy atom. The van der Waals surface area contributed by atoms with E-state index in [1.807, 2.05) is 5.38 Å². The molecule has 0 fully saturated rings. The van der Waals surface area contributed by atoms with Gasteiger partial charge in [0.2, 0.25) is 0 Å². The number of hydrogen-bond donors (Lipinski definition) is 2. The van der Waals surface area contributed by atoms with Crippen LogP contribution in [0.2, 0.25) is 0 Å². The maximum absolute atomic E-state index is 10.7. The first kappa shape index (κ1) is 8.65. The normalized spacial score (nSPS) is 15.7. The highest BCUT2D eigenvalue weighted by atomic mass is 32.2. The average Bonchev–Trinajstić information content (AvgIpc) is 2.52. The summed E-state index contributed by atoms with van der Waals surface area (Å²) in [6.45, 7) is 0. The van der Waals surface area contributed by atoms with Gasteiger partial charge < -0.3 is 10.2 Å². The van der Waals surface area contributed by atoms with Crippen LogP contribution in [-0.2, 0) is 4.79 Å². The number of aliphatic carboxylic acids is 1. The van der Waals surface area contributed by atoms with E-state index < -0.39 is 5.97 Å². The molecular formula is C8H6O3S2. The molecule has 2 heterocycles. The van der Waals surface area contributed by atoms with Gasteiger partial charge in [0.15, 0.2) is 0 Å². The molecule has 1 aliphatic rings. The van der Waals surface area contributed by atoms with Crippen molar-refractivity contribution in [1.82, 2.24) is 0 Å². The lowest BCUT2D eigenvalue weighted by Gasteiger charge is -2.12. The molecule has 1 aromatic rings. The Balaban J connectivity index is 2.54. The second-order valence-corrected chi connectivity index (χ2v) is 4.70. The molecule has 13 heavy (non-hydrogen) atoms. The van der Waals surface area contributed by atoms with Crippen molar-refractivity contribution < 1.29 is 15.0 Å². The third-order valence-electron chi connectivity index (χ3n) is 1.78. The number of carboxylic acid groups (broad SMARTS) is 1. The number of thiophene rings is 1. The van der Waals surface area contributed by atoms with Crippen LogP contribution in [0, 0.1) is 0 Å². The summed E-state index contributed by atoms with van der Waals surface area (Å²) in [6, 6.07) is 1.74. The second-order valence-electron chi connectivity index (χ2n) is 2.54. The van der Waals surface area contributed by atoms with Crippen LogP contribution < -0.4 is 0 Å². The van der Waals surface area contributed by atoms with Gasteiger partial charge in [0.25, 0.3) is 0 Å². The summed E-state index contributed by atoms with van der Waals surface area (Å²) in [7, 11) is 0. The van der Waals surface area contributed by atoms with Gasteiger partial charge in [-0.25, -0.2) is 4.79 Å². The molecule has 0 unspecified atom stereocenters. The van der Waals surface area contributed by atoms with Crippen LogP contribution in [0.25, 0.3) is 5.76 Å². The van der Waals surface area contributed by atoms with Gasteiger partial charge in [-0.3, -0.25) is 0 Å². The number of hydrogen-bond acceptors (Lipinski definition) is 4. The van der Waals surface area contributed by atoms with Crippen molar-refractivity contribution in [3.8, 4) is 0 Å². The summed E-state index contributed by atoms with van der Waals surface area (Å²) < 4.78 is 0.988. The molecule has 0 spiro atoms. The van der Waals surface area contributed by atoms with Crippen molar-refractivity contribution in [3.05, 3.63) is 22.6 Å². The van der Waals surface area contributed by atoms with Gasteiger partial charge in [-0.05, 0) is 11.4 Å². The SMILES string of the molecule is O=C(O)C1=C(O)c2ccsc2SC1. The zero-order valence-corrected chi connectivity index (χ0v) is 8.11. The zero-order chi connectivity index (χ0) is 9.42. The van der Waals surface area contributed by atoms with Crippen molar-refractivity contribution in [3.63, 3.8) is 0 Å². The van der Waals surface area contributed by atoms with Gasteiger partial charge in [0.05, 0.1) is 9.78 Å². The molecule has 68 valence electrons. The highest BCUT2D eigenvalue weighted by molar-refractivity contribution is 8.01. The fourth-order valence-electron chi connectivity index (χ4n) is 1.11. The number of carboxylic acids is 1. The molecule has 5 heteroatoms. The number of fused-ring (bicyclic) bond motifs is 1. The largest absolute Gasteiger partial charge is 0.507 e. The van der Waals surface area contributed by atoms with Crippen LogP contribution >= 0.6 is 23.1 Å². The second kappa shape index (κ2) is 3.08. The standard InChI is InChI=1S/C8H6O3S2/c9-6-4-1-2-12-8(4)13-3-5(6)7(10)11/h1-2,9H,3H2,(H,10,11). The van der Waals surface area contributed by atoms with Gasteiger partial charge in [0.1, 0.15) is 5.76 Å². The van der Waals surface area contributed by atoms with Crippen LogP contribution in [-0.4, -0.2) is 21.9 Å². The molecule has 0 aromatic carbocycles. The van der Waals surface area contributed by atoms with Crippen LogP contribution in [0.3, 0.4) is 0 Å². The Bertz CT molecular complexity index is 392. The van der Waals surface area contributed by atoms with Crippen molar-refractivity contribution in [1.29, 1.82) is 0 Å². The number of carbonyl (C=O) groups is 1. The molecule has 3 nitrogen and oxygen atoms in total. The van der Waals surface area contributed by atoms with Crippen molar-refractivity contribution >= 4 is 34.8 Å². The summed E-state index contributed by atoms with van der Waals surface area (Å²) >= 11 is 2.97. The fourth-order valence-corrected chi connectivity index (χ4v) is 3.21. The van der Waals surface area contributed by atoms with Crippen molar-refractivity contribution in [2.24, 2.45) is 0 Å². The lowest BCUT2D eigenvalue weighted by atomic mass is 10.1. The molecule has 0 saturated carbocycles. The molecule has 0 saturated heterocycles. The number of thioether (sulfide) groups is 1. The first-order chi connectivity index (χ1) is 6.20. The van der Waals surface area contributed by atoms with E-state index in [0.29, 0.717) is 11.3 Å². The summed E-state index contributed by atoms with van der Waals surface area (Å²) in [5.74, 6) is -0.779. The lowest BCUT2D eigenvalue weighted by molar-refractivity contribution is -0.132. The topological polar surface area (TPSA) is 57.5 Å². The predicted molar refractivity (Wildman–Crippen MR) is 52.2 cm³/mol. The zero-order valence-electron chi connectivity index (χ0n) is 6.48. The molecule has 1 aromatic heterocycles. The third kappa shape index (κ3) is 1.34. The molecule has 0 bridgehead atoms. The highest BCUT2D eigenvalue weighted by Gasteiger charge is 2.24. The van der Waals surface area contributed by atoms with Gasteiger partial charge >= 0.3 is 5.97 Å². The summed E-state index contributed by atoms with van der Waals surface area (Å²) in [6.07, 6.45) is 0. The Morgan fingerprint density at radius 2 is 2.31 bits per heavy atom. The molecule has 0 atom stereocenters. The predicted octanol–water partition coefficient (Wildman–Crippen LogP) is 2.21. The Hall–Kier alpha value is -0.940. The Kier molecular flexibility index (Phi) is 2.05. The van der Waals surface area contributed by atoms with E-state index in [0.717, 1.165) is 4.21 Å². The van der Waals surface area contributed by atoms with E-state index in [4.69, 9.17) is 5.11 Å². The van der Waals surface area contributed by atoms with Gasteiger partial charge in [-0.15, -0.1) is 23.1 Å². The summed E-state index contributed by atoms with van der Waals surface area (Å²) in [5, 5.41) is 20.2. The lowest BCUT2D eigenvalue weighted by Crippen LogP contribution is -2.09. The highest BCUT2D eigenvalue weighted by Crippen LogP contribution is 2.39. The minimum Gasteiger partial charge on any atom is -0.507 e. The molecular weight excluding hydrogens is 208 g/mol. The smallest absolute Gasteiger partial charge is 0.336 e. The van der Waals surface area contributed by atoms with Crippen LogP contribution in [0.5, 0.6) is 0 Å². The quantitative estimate of drug-likeness (QED) is 0.752. The number of aliphatic hydroxyl groups is 1. The van der Waals surface area contributed by atoms with E-state index >= 15 is 0 Å². The third-order valence-corrected chi connectivity index (χ3v) is 4.04. The van der Waals surface area contributed by atoms with E-state index in [2.05, 4.69) is 0 Å². The maximum atomic E-state index is 10.7. The van der Waals surface area contributed by atoms with E-state index in [1.54, 1.807) is 6.07 Å². The van der Waals surface area contributed by atoms with Crippen LogP contribution in [0.4, 0.5) is 0 Å². The van der Waals surface area contributed by atoms with Crippen molar-refractivity contribution in [2.45, 2.75) is 4.21 Å². The fraction of sp³-hybridized carbons (Fsp3) is 0.125. The molecule has 2 N–H and O–H groups in total. The van der Waals surface area contributed by atoms with E-state index in [1.165, 1.54) is 23.1 Å². The number of aliphatic hydroxyl groups excluding tert-OH is 1. The van der Waals surface area contributed by atoms with Crippen LogP contribution in [0.1, 0.15) is 5.56 Å². The minimum absolute atomic E-state index is 0.0810. The van der Waals surface area contributed by atoms with Crippen LogP contribution in [0.15, 0.2) is 21.2 Å². The first-order valence-electron chi connectivity index (χ1n) is 3.56. The van der Waals surface area contributed by atoms with Gasteiger partial charge in [-0.1, -0.05) is 0 Å². The first-order valence-corrected chi connectivity index (χ1v) is 5.42. The van der Waals surface area contributed by atoms with Crippen molar-refractivity contribution in [2.75, 3.05) is 5.75 Å². The van der Waals surface area contributed by atoms with Gasteiger partial charge in [0, 0.05) is 11.3 Å². The van der Waals surface area contributed by atoms with Gasteiger partial charge in [-0.2, -0.15) is 0 Å².